The second-order valence-electron chi connectivity index (χ2n) is 6.82. The quantitative estimate of drug-likeness (QED) is 0.405. The third-order valence-corrected chi connectivity index (χ3v) is 4.92. The molecule has 1 fully saturated rings. The maximum absolute atomic E-state index is 13.6. The number of nitrogens with one attached hydrogen (secondary N) is 1. The van der Waals surface area contributed by atoms with E-state index >= 15 is 0 Å². The van der Waals surface area contributed by atoms with Crippen LogP contribution in [0.25, 0.3) is 0 Å². The molecule has 1 N–H and O–H groups in total. The number of nitrogens with zero attached hydrogens (tertiary/aromatic N) is 3. The van der Waals surface area contributed by atoms with Crippen molar-refractivity contribution in [3.05, 3.63) is 57.3 Å². The molecule has 0 bridgehead atoms. The topological polar surface area (TPSA) is 117 Å². The monoisotopic (exact) mass is 428 g/mol. The number of ether oxygens (including phenoxy) is 1. The number of carbonyl (C=O) groups is 2. The first-order chi connectivity index (χ1) is 13.8. The molecule has 2 aromatic heterocycles. The van der Waals surface area contributed by atoms with Gasteiger partial charge in [-0.15, -0.1) is 0 Å². The maximum atomic E-state index is 13.6. The Bertz CT molecular complexity index is 1090. The first-order valence-corrected chi connectivity index (χ1v) is 8.75. The Morgan fingerprint density at radius 1 is 1.37 bits per heavy atom. The Hall–Kier alpha value is -2.34. The number of amides is 2. The van der Waals surface area contributed by atoms with Gasteiger partial charge in [0.1, 0.15) is 11.3 Å². The van der Waals surface area contributed by atoms with Crippen LogP contribution in [0.3, 0.4) is 0 Å². The summed E-state index contributed by atoms with van der Waals surface area (Å²) in [6, 6.07) is 1.79. The summed E-state index contributed by atoms with van der Waals surface area (Å²) < 4.78 is 33.2. The summed E-state index contributed by atoms with van der Waals surface area (Å²) in [5.74, 6) is -4.75. The first kappa shape index (κ1) is 22.3. The summed E-state index contributed by atoms with van der Waals surface area (Å²) in [5.41, 5.74) is -2.04. The van der Waals surface area contributed by atoms with Crippen LogP contribution in [0.1, 0.15) is 33.3 Å². The van der Waals surface area contributed by atoms with E-state index in [1.807, 2.05) is 0 Å². The molecule has 4 heterocycles. The summed E-state index contributed by atoms with van der Waals surface area (Å²) in [5, 5.41) is 14.8. The number of aromatic nitrogens is 2. The normalized spacial score (nSPS) is 19.7. The number of pyridine rings is 2. The molecule has 152 valence electrons. The van der Waals surface area contributed by atoms with Gasteiger partial charge in [-0.2, -0.15) is 13.8 Å². The minimum absolute atomic E-state index is 0. The van der Waals surface area contributed by atoms with Gasteiger partial charge in [0.05, 0.1) is 19.2 Å². The third kappa shape index (κ3) is 3.73. The summed E-state index contributed by atoms with van der Waals surface area (Å²) in [4.78, 5) is 41.9. The number of hydrogen-bond donors (Lipinski definition) is 1. The minimum atomic E-state index is -1.13. The molecule has 9 nitrogen and oxygen atoms in total. The molecule has 0 aliphatic carbocycles. The molecule has 2 amide bonds. The molecule has 0 spiro atoms. The van der Waals surface area contributed by atoms with E-state index in [9.17, 15) is 28.3 Å². The molecule has 12 heteroatoms. The Morgan fingerprint density at radius 2 is 2.10 bits per heavy atom. The molecule has 2 aliphatic heterocycles. The molecule has 1 saturated heterocycles. The van der Waals surface area contributed by atoms with Gasteiger partial charge in [0.15, 0.2) is 11.7 Å². The zero-order valence-corrected chi connectivity index (χ0v) is 18.1. The van der Waals surface area contributed by atoms with Crippen molar-refractivity contribution in [2.24, 2.45) is 0 Å². The van der Waals surface area contributed by atoms with Gasteiger partial charge in [-0.1, -0.05) is 0 Å². The fourth-order valence-corrected chi connectivity index (χ4v) is 3.47. The zero-order chi connectivity index (χ0) is 20.9. The second kappa shape index (κ2) is 8.42. The maximum Gasteiger partial charge on any atom is 1.00 e. The van der Waals surface area contributed by atoms with Gasteiger partial charge in [0.2, 0.25) is 11.9 Å². The van der Waals surface area contributed by atoms with Gasteiger partial charge in [-0.05, 0) is 24.8 Å². The number of halogens is 2. The number of hydrogen-bond acceptors (Lipinski definition) is 6. The standard InChI is InChI=1S/C18H16F2N4O5.Na/c1-8-7-29-12-6-23-5-10(14(25)15(26)13(23)18(28)24(8)12)17(27)21-4-9-2-3-11(19)22-16(9)20;/h2-3,5,8,12,26H,4,6-7H2,1H3,(H,21,27);/q;+1/p-1/t8-,12+;/m0./s1. The Kier molecular flexibility index (Phi) is 6.27. The van der Waals surface area contributed by atoms with Crippen LogP contribution in [0.5, 0.6) is 5.75 Å². The fourth-order valence-electron chi connectivity index (χ4n) is 3.47. The van der Waals surface area contributed by atoms with E-state index in [-0.39, 0.29) is 59.9 Å². The summed E-state index contributed by atoms with van der Waals surface area (Å²) >= 11 is 0. The van der Waals surface area contributed by atoms with Gasteiger partial charge in [0, 0.05) is 18.3 Å². The van der Waals surface area contributed by atoms with E-state index in [0.717, 1.165) is 18.3 Å². The van der Waals surface area contributed by atoms with Gasteiger partial charge < -0.3 is 24.6 Å². The van der Waals surface area contributed by atoms with Crippen LogP contribution in [0.15, 0.2) is 23.1 Å². The molecule has 0 saturated carbocycles. The first-order valence-electron chi connectivity index (χ1n) is 8.75. The summed E-state index contributed by atoms with van der Waals surface area (Å²) in [7, 11) is 0. The Balaban J connectivity index is 0.00000256. The average molecular weight is 428 g/mol. The molecule has 4 rings (SSSR count). The van der Waals surface area contributed by atoms with Gasteiger partial charge in [-0.3, -0.25) is 14.4 Å². The predicted octanol–water partition coefficient (Wildman–Crippen LogP) is -3.27. The average Bonchev–Trinajstić information content (AvgIpc) is 3.04. The molecule has 0 unspecified atom stereocenters. The second-order valence-corrected chi connectivity index (χ2v) is 6.82. The van der Waals surface area contributed by atoms with Crippen LogP contribution in [-0.4, -0.2) is 45.1 Å². The molecular weight excluding hydrogens is 413 g/mol. The van der Waals surface area contributed by atoms with Crippen molar-refractivity contribution in [1.29, 1.82) is 0 Å². The van der Waals surface area contributed by atoms with Crippen LogP contribution in [0.2, 0.25) is 0 Å². The van der Waals surface area contributed by atoms with E-state index in [0.29, 0.717) is 6.61 Å². The van der Waals surface area contributed by atoms with Crippen LogP contribution in [-0.2, 0) is 17.8 Å². The van der Waals surface area contributed by atoms with E-state index < -0.39 is 46.7 Å². The van der Waals surface area contributed by atoms with Crippen molar-refractivity contribution in [3.63, 3.8) is 0 Å². The summed E-state index contributed by atoms with van der Waals surface area (Å²) in [6.07, 6.45) is 0.525. The van der Waals surface area contributed by atoms with Crippen molar-refractivity contribution in [2.75, 3.05) is 6.61 Å². The fraction of sp³-hybridized carbons (Fsp3) is 0.333. The number of carbonyl (C=O) groups excluding carboxylic acids is 2. The van der Waals surface area contributed by atoms with Crippen molar-refractivity contribution >= 4 is 11.8 Å². The Morgan fingerprint density at radius 3 is 2.80 bits per heavy atom. The number of fused-ring (bicyclic) bond motifs is 2. The number of rotatable bonds is 3. The zero-order valence-electron chi connectivity index (χ0n) is 16.1. The molecule has 2 aromatic rings. The van der Waals surface area contributed by atoms with E-state index in [2.05, 4.69) is 10.3 Å². The van der Waals surface area contributed by atoms with Crippen LogP contribution < -0.4 is 45.4 Å². The Labute approximate surface area is 190 Å². The van der Waals surface area contributed by atoms with Gasteiger partial charge in [-0.25, -0.2) is 0 Å². The molecule has 2 atom stereocenters. The SMILES string of the molecule is C[C@H]1CO[C@@H]2Cn3cc(C(=O)NCc4ccc(F)nc4F)c(=O)c([O-])c3C(=O)N12.[Na+]. The molecular formula is C18H15F2N4NaO5. The van der Waals surface area contributed by atoms with Crippen molar-refractivity contribution in [1.82, 2.24) is 19.8 Å². The van der Waals surface area contributed by atoms with Gasteiger partial charge in [0.25, 0.3) is 11.8 Å². The molecule has 0 radical (unpaired) electrons. The van der Waals surface area contributed by atoms with Crippen LogP contribution in [0, 0.1) is 11.9 Å². The molecule has 2 aliphatic rings. The van der Waals surface area contributed by atoms with Gasteiger partial charge >= 0.3 is 29.6 Å². The van der Waals surface area contributed by atoms with Crippen molar-refractivity contribution < 1.29 is 57.8 Å². The third-order valence-electron chi connectivity index (χ3n) is 4.92. The van der Waals surface area contributed by atoms with Crippen LogP contribution >= 0.6 is 0 Å². The largest absolute Gasteiger partial charge is 1.00 e. The smallest absolute Gasteiger partial charge is 0.868 e. The van der Waals surface area contributed by atoms with Crippen LogP contribution in [0.4, 0.5) is 8.78 Å². The van der Waals surface area contributed by atoms with E-state index in [1.54, 1.807) is 6.92 Å². The van der Waals surface area contributed by atoms with Crippen molar-refractivity contribution in [3.8, 4) is 5.75 Å². The minimum Gasteiger partial charge on any atom is -0.868 e. The predicted molar refractivity (Wildman–Crippen MR) is 90.8 cm³/mol. The summed E-state index contributed by atoms with van der Waals surface area (Å²) in [6.45, 7) is 1.79. The van der Waals surface area contributed by atoms with E-state index in [4.69, 9.17) is 4.74 Å². The van der Waals surface area contributed by atoms with Crippen molar-refractivity contribution in [2.45, 2.75) is 32.3 Å². The molecule has 30 heavy (non-hydrogen) atoms. The molecule has 0 aromatic carbocycles. The van der Waals surface area contributed by atoms with E-state index in [1.165, 1.54) is 9.47 Å².